The standard InChI is InChI=1S/C78H53N5/c1-78(2)66-36-17-15-30-58(66)61-34-19-35-65(74(61)78)77-80-75(54-42-40-53(41-43-54)50-22-7-3-8-23-50)79-76(81-77)64-47-45-56(52-26-11-5-12-27-52)49-71(64)83-69-39-21-33-60(73(69)63-46-44-55(48-70(63)83)51-24-9-4-10-25-51)59-32-20-38-68-72(59)62-31-16-18-37-67(62)82(68)57-28-13-6-14-29-57/h3-49H,1-2H3. The molecule has 0 bridgehead atoms. The van der Waals surface area contributed by atoms with Crippen molar-refractivity contribution >= 4 is 43.6 Å². The molecule has 0 saturated carbocycles. The molecule has 83 heavy (non-hydrogen) atoms. The summed E-state index contributed by atoms with van der Waals surface area (Å²) in [5, 5.41) is 4.74. The van der Waals surface area contributed by atoms with Gasteiger partial charge in [0.15, 0.2) is 17.5 Å². The van der Waals surface area contributed by atoms with Gasteiger partial charge in [-0.15, -0.1) is 0 Å². The lowest BCUT2D eigenvalue weighted by Crippen LogP contribution is -2.17. The van der Waals surface area contributed by atoms with Crippen LogP contribution in [0.3, 0.4) is 0 Å². The summed E-state index contributed by atoms with van der Waals surface area (Å²) in [6, 6.07) is 103. The van der Waals surface area contributed by atoms with E-state index in [-0.39, 0.29) is 5.41 Å². The van der Waals surface area contributed by atoms with Crippen LogP contribution in [-0.4, -0.2) is 24.1 Å². The van der Waals surface area contributed by atoms with Crippen LogP contribution in [0.5, 0.6) is 0 Å². The quantitative estimate of drug-likeness (QED) is 0.145. The number of aromatic nitrogens is 5. The SMILES string of the molecule is CC1(C)c2ccccc2-c2cccc(-c3nc(-c4ccc(-c5ccccc5)cc4)nc(-c4ccc(-c5ccccc5)cc4-n4c5cc(-c6ccccc6)ccc5c5c(-c6cccc7c6c6ccccc6n7-c6ccccc6)cccc54)n3)c21. The van der Waals surface area contributed by atoms with Crippen molar-refractivity contribution in [3.05, 3.63) is 296 Å². The van der Waals surface area contributed by atoms with Gasteiger partial charge in [-0.05, 0) is 115 Å². The van der Waals surface area contributed by atoms with E-state index in [0.29, 0.717) is 17.5 Å². The summed E-state index contributed by atoms with van der Waals surface area (Å²) in [5.41, 5.74) is 23.1. The average Bonchev–Trinajstić information content (AvgIpc) is 3.38. The second-order valence-corrected chi connectivity index (χ2v) is 22.3. The number of fused-ring (bicyclic) bond motifs is 9. The van der Waals surface area contributed by atoms with Gasteiger partial charge in [-0.25, -0.2) is 15.0 Å². The van der Waals surface area contributed by atoms with Crippen LogP contribution in [0.1, 0.15) is 25.0 Å². The summed E-state index contributed by atoms with van der Waals surface area (Å²) in [6.07, 6.45) is 0. The van der Waals surface area contributed by atoms with E-state index in [1.54, 1.807) is 0 Å². The lowest BCUT2D eigenvalue weighted by atomic mass is 9.80. The highest BCUT2D eigenvalue weighted by atomic mass is 15.1. The van der Waals surface area contributed by atoms with Crippen molar-refractivity contribution in [1.29, 1.82) is 0 Å². The van der Waals surface area contributed by atoms with Crippen molar-refractivity contribution in [2.45, 2.75) is 19.3 Å². The zero-order valence-electron chi connectivity index (χ0n) is 45.9. The highest BCUT2D eigenvalue weighted by Gasteiger charge is 2.38. The highest BCUT2D eigenvalue weighted by Crippen LogP contribution is 2.52. The summed E-state index contributed by atoms with van der Waals surface area (Å²) in [6.45, 7) is 4.66. The van der Waals surface area contributed by atoms with Gasteiger partial charge < -0.3 is 9.13 Å². The maximum Gasteiger partial charge on any atom is 0.166 e. The molecule has 3 heterocycles. The molecule has 0 atom stereocenters. The minimum atomic E-state index is -0.312. The predicted octanol–water partition coefficient (Wildman–Crippen LogP) is 20.0. The average molecular weight is 1060 g/mol. The topological polar surface area (TPSA) is 48.5 Å². The lowest BCUT2D eigenvalue weighted by Gasteiger charge is -2.24. The molecule has 0 N–H and O–H groups in total. The van der Waals surface area contributed by atoms with Crippen molar-refractivity contribution < 1.29 is 0 Å². The number of rotatable bonds is 9. The maximum atomic E-state index is 5.69. The zero-order chi connectivity index (χ0) is 55.2. The number of nitrogens with zero attached hydrogens (tertiary/aromatic N) is 5. The van der Waals surface area contributed by atoms with Crippen LogP contribution in [0.25, 0.3) is 145 Å². The summed E-state index contributed by atoms with van der Waals surface area (Å²) in [5.74, 6) is 1.82. The molecule has 0 amide bonds. The third kappa shape index (κ3) is 7.80. The Morgan fingerprint density at radius 3 is 1.41 bits per heavy atom. The van der Waals surface area contributed by atoms with Gasteiger partial charge in [0, 0.05) is 49.3 Å². The van der Waals surface area contributed by atoms with Gasteiger partial charge in [-0.2, -0.15) is 0 Å². The van der Waals surface area contributed by atoms with Crippen molar-refractivity contribution in [3.8, 4) is 101 Å². The molecular formula is C78H53N5. The predicted molar refractivity (Wildman–Crippen MR) is 344 cm³/mol. The first kappa shape index (κ1) is 48.2. The molecule has 1 aliphatic rings. The molecule has 0 saturated heterocycles. The summed E-state index contributed by atoms with van der Waals surface area (Å²) < 4.78 is 4.89. The Bertz CT molecular complexity index is 5020. The molecule has 390 valence electrons. The smallest absolute Gasteiger partial charge is 0.166 e. The van der Waals surface area contributed by atoms with Crippen LogP contribution in [0.15, 0.2) is 285 Å². The fraction of sp³-hybridized carbons (Fsp3) is 0.0385. The van der Waals surface area contributed by atoms with E-state index in [0.717, 1.165) is 88.9 Å². The molecule has 0 fully saturated rings. The molecular weight excluding hydrogens is 1010 g/mol. The van der Waals surface area contributed by atoms with Gasteiger partial charge >= 0.3 is 0 Å². The Morgan fingerprint density at radius 2 is 0.723 bits per heavy atom. The molecule has 0 spiro atoms. The van der Waals surface area contributed by atoms with E-state index in [4.69, 9.17) is 15.0 Å². The molecule has 16 rings (SSSR count). The molecule has 15 aromatic rings. The molecule has 12 aromatic carbocycles. The first-order chi connectivity index (χ1) is 40.9. The third-order valence-corrected chi connectivity index (χ3v) is 17.2. The number of hydrogen-bond donors (Lipinski definition) is 0. The van der Waals surface area contributed by atoms with Crippen LogP contribution in [-0.2, 0) is 5.41 Å². The minimum Gasteiger partial charge on any atom is -0.309 e. The molecule has 5 heteroatoms. The van der Waals surface area contributed by atoms with Gasteiger partial charge in [0.25, 0.3) is 0 Å². The summed E-state index contributed by atoms with van der Waals surface area (Å²) in [7, 11) is 0. The normalized spacial score (nSPS) is 12.6. The first-order valence-corrected chi connectivity index (χ1v) is 28.5. The van der Waals surface area contributed by atoms with E-state index in [9.17, 15) is 0 Å². The number of para-hydroxylation sites is 2. The molecule has 5 nitrogen and oxygen atoms in total. The van der Waals surface area contributed by atoms with Gasteiger partial charge in [-0.3, -0.25) is 0 Å². The number of benzene rings is 12. The van der Waals surface area contributed by atoms with E-state index in [1.165, 1.54) is 49.5 Å². The molecule has 0 radical (unpaired) electrons. The minimum absolute atomic E-state index is 0.312. The Morgan fingerprint density at radius 1 is 0.277 bits per heavy atom. The van der Waals surface area contributed by atoms with Crippen LogP contribution in [0, 0.1) is 0 Å². The second-order valence-electron chi connectivity index (χ2n) is 22.3. The van der Waals surface area contributed by atoms with Crippen molar-refractivity contribution in [3.63, 3.8) is 0 Å². The van der Waals surface area contributed by atoms with Crippen molar-refractivity contribution in [2.75, 3.05) is 0 Å². The zero-order valence-corrected chi connectivity index (χ0v) is 45.9. The largest absolute Gasteiger partial charge is 0.309 e. The monoisotopic (exact) mass is 1060 g/mol. The lowest BCUT2D eigenvalue weighted by molar-refractivity contribution is 0.661. The van der Waals surface area contributed by atoms with Gasteiger partial charge in [-0.1, -0.05) is 250 Å². The van der Waals surface area contributed by atoms with Crippen LogP contribution >= 0.6 is 0 Å². The molecule has 3 aromatic heterocycles. The van der Waals surface area contributed by atoms with Gasteiger partial charge in [0.1, 0.15) is 0 Å². The maximum absolute atomic E-state index is 5.69. The van der Waals surface area contributed by atoms with Gasteiger partial charge in [0.2, 0.25) is 0 Å². The van der Waals surface area contributed by atoms with Crippen LogP contribution in [0.2, 0.25) is 0 Å². The molecule has 0 aliphatic heterocycles. The van der Waals surface area contributed by atoms with E-state index in [1.807, 2.05) is 0 Å². The van der Waals surface area contributed by atoms with E-state index >= 15 is 0 Å². The van der Waals surface area contributed by atoms with Gasteiger partial charge in [0.05, 0.1) is 27.8 Å². The Labute approximate surface area is 481 Å². The molecule has 0 unspecified atom stereocenters. The van der Waals surface area contributed by atoms with Crippen LogP contribution < -0.4 is 0 Å². The van der Waals surface area contributed by atoms with Crippen molar-refractivity contribution in [2.24, 2.45) is 0 Å². The summed E-state index contributed by atoms with van der Waals surface area (Å²) in [4.78, 5) is 16.8. The fourth-order valence-electron chi connectivity index (χ4n) is 13.4. The summed E-state index contributed by atoms with van der Waals surface area (Å²) >= 11 is 0. The van der Waals surface area contributed by atoms with E-state index in [2.05, 4.69) is 308 Å². The Balaban J connectivity index is 0.989. The third-order valence-electron chi connectivity index (χ3n) is 17.2. The van der Waals surface area contributed by atoms with Crippen molar-refractivity contribution in [1.82, 2.24) is 24.1 Å². The fourth-order valence-corrected chi connectivity index (χ4v) is 13.4. The van der Waals surface area contributed by atoms with E-state index < -0.39 is 0 Å². The number of hydrogen-bond acceptors (Lipinski definition) is 3. The Kier molecular flexibility index (Phi) is 11.2. The Hall–Kier alpha value is -10.8. The second kappa shape index (κ2) is 19.2. The van der Waals surface area contributed by atoms with Crippen LogP contribution in [0.4, 0.5) is 0 Å². The highest BCUT2D eigenvalue weighted by molar-refractivity contribution is 6.22. The molecule has 1 aliphatic carbocycles. The first-order valence-electron chi connectivity index (χ1n) is 28.5.